The summed E-state index contributed by atoms with van der Waals surface area (Å²) in [6, 6.07) is 8.58. The number of hydrogen-bond donors (Lipinski definition) is 1. The van der Waals surface area contributed by atoms with Crippen LogP contribution in [0, 0.1) is 6.92 Å². The lowest BCUT2D eigenvalue weighted by Crippen LogP contribution is -2.02. The minimum Gasteiger partial charge on any atom is -0.385 e. The first-order chi connectivity index (χ1) is 12.8. The van der Waals surface area contributed by atoms with Crippen molar-refractivity contribution in [1.82, 2.24) is 0 Å². The van der Waals surface area contributed by atoms with E-state index in [-0.39, 0.29) is 0 Å². The normalized spacial score (nSPS) is 11.0. The molecule has 1 nitrogen and oxygen atoms in total. The van der Waals surface area contributed by atoms with Crippen LogP contribution in [0.15, 0.2) is 24.3 Å². The lowest BCUT2D eigenvalue weighted by molar-refractivity contribution is 0.530. The van der Waals surface area contributed by atoms with Crippen LogP contribution in [0.5, 0.6) is 0 Å². The zero-order chi connectivity index (χ0) is 18.7. The maximum Gasteiger partial charge on any atom is 0.0369 e. The van der Waals surface area contributed by atoms with E-state index in [1.165, 1.54) is 114 Å². The maximum absolute atomic E-state index is 3.56. The van der Waals surface area contributed by atoms with Gasteiger partial charge in [0, 0.05) is 12.2 Å². The molecule has 0 heterocycles. The average Bonchev–Trinajstić information content (AvgIpc) is 2.65. The number of rotatable bonds is 18. The smallest absolute Gasteiger partial charge is 0.0369 e. The molecule has 1 aromatic rings. The lowest BCUT2D eigenvalue weighted by atomic mass is 10.0. The van der Waals surface area contributed by atoms with E-state index in [1.807, 2.05) is 0 Å². The predicted molar refractivity (Wildman–Crippen MR) is 119 cm³/mol. The summed E-state index contributed by atoms with van der Waals surface area (Å²) in [5.41, 5.74) is 2.65. The van der Waals surface area contributed by atoms with E-state index in [0.29, 0.717) is 0 Å². The zero-order valence-corrected chi connectivity index (χ0v) is 17.8. The molecule has 0 saturated carbocycles. The van der Waals surface area contributed by atoms with Crippen molar-refractivity contribution < 1.29 is 0 Å². The van der Waals surface area contributed by atoms with Gasteiger partial charge in [-0.2, -0.15) is 0 Å². The second-order valence-electron chi connectivity index (χ2n) is 8.04. The fourth-order valence-corrected chi connectivity index (χ4v) is 3.67. The molecular formula is C25H45N. The van der Waals surface area contributed by atoms with Gasteiger partial charge in [-0.15, -0.1) is 0 Å². The van der Waals surface area contributed by atoms with E-state index in [4.69, 9.17) is 0 Å². The van der Waals surface area contributed by atoms with Crippen LogP contribution in [0.4, 0.5) is 5.69 Å². The van der Waals surface area contributed by atoms with Gasteiger partial charge in [-0.25, -0.2) is 0 Å². The van der Waals surface area contributed by atoms with Gasteiger partial charge in [0.15, 0.2) is 0 Å². The van der Waals surface area contributed by atoms with Crippen LogP contribution >= 0.6 is 0 Å². The summed E-state index contributed by atoms with van der Waals surface area (Å²) < 4.78 is 0. The molecule has 0 saturated heterocycles. The summed E-state index contributed by atoms with van der Waals surface area (Å²) in [6.07, 6.45) is 23.0. The van der Waals surface area contributed by atoms with Crippen LogP contribution in [-0.2, 0) is 0 Å². The van der Waals surface area contributed by atoms with Crippen LogP contribution in [-0.4, -0.2) is 6.54 Å². The van der Waals surface area contributed by atoms with Crippen LogP contribution in [0.25, 0.3) is 0 Å². The second-order valence-corrected chi connectivity index (χ2v) is 8.04. The number of nitrogens with one attached hydrogen (secondary N) is 1. The summed E-state index contributed by atoms with van der Waals surface area (Å²) in [4.78, 5) is 0. The summed E-state index contributed by atoms with van der Waals surface area (Å²) in [5.74, 6) is 0. The summed E-state index contributed by atoms with van der Waals surface area (Å²) in [7, 11) is 0. The van der Waals surface area contributed by atoms with Gasteiger partial charge in [-0.05, 0) is 25.0 Å². The van der Waals surface area contributed by atoms with Gasteiger partial charge in [0.2, 0.25) is 0 Å². The van der Waals surface area contributed by atoms with E-state index in [0.717, 1.165) is 6.54 Å². The maximum atomic E-state index is 3.56. The zero-order valence-electron chi connectivity index (χ0n) is 17.8. The molecule has 1 rings (SSSR count). The molecule has 0 aliphatic heterocycles. The fourth-order valence-electron chi connectivity index (χ4n) is 3.67. The van der Waals surface area contributed by atoms with Gasteiger partial charge in [0.1, 0.15) is 0 Å². The fraction of sp³-hybridized carbons (Fsp3) is 0.760. The van der Waals surface area contributed by atoms with Crippen molar-refractivity contribution in [2.45, 2.75) is 117 Å². The molecule has 0 fully saturated rings. The van der Waals surface area contributed by atoms with Crippen molar-refractivity contribution >= 4 is 5.69 Å². The summed E-state index contributed by atoms with van der Waals surface area (Å²) in [6.45, 7) is 5.59. The molecule has 0 aliphatic rings. The Kier molecular flexibility index (Phi) is 15.5. The van der Waals surface area contributed by atoms with Crippen molar-refractivity contribution in [3.8, 4) is 0 Å². The van der Waals surface area contributed by atoms with E-state index in [2.05, 4.69) is 43.4 Å². The highest BCUT2D eigenvalue weighted by atomic mass is 14.9. The van der Waals surface area contributed by atoms with Crippen molar-refractivity contribution in [3.05, 3.63) is 29.8 Å². The second kappa shape index (κ2) is 17.4. The van der Waals surface area contributed by atoms with Gasteiger partial charge in [-0.1, -0.05) is 121 Å². The van der Waals surface area contributed by atoms with Crippen LogP contribution in [0.1, 0.15) is 115 Å². The Hall–Kier alpha value is -0.980. The molecule has 1 aromatic carbocycles. The molecule has 0 unspecified atom stereocenters. The van der Waals surface area contributed by atoms with Crippen LogP contribution in [0.3, 0.4) is 0 Å². The standard InChI is InChI=1S/C25H45N/c1-3-4-5-6-7-8-9-10-11-12-13-14-15-16-17-20-23-26-25-22-19-18-21-24(25)2/h18-19,21-22,26H,3-17,20,23H2,1-2H3. The van der Waals surface area contributed by atoms with Crippen molar-refractivity contribution in [2.75, 3.05) is 11.9 Å². The largest absolute Gasteiger partial charge is 0.385 e. The van der Waals surface area contributed by atoms with Crippen LogP contribution in [0.2, 0.25) is 0 Å². The first-order valence-electron chi connectivity index (χ1n) is 11.6. The third-order valence-corrected chi connectivity index (χ3v) is 5.49. The molecule has 150 valence electrons. The Morgan fingerprint density at radius 2 is 1.00 bits per heavy atom. The minimum absolute atomic E-state index is 1.11. The molecule has 0 bridgehead atoms. The number of para-hydroxylation sites is 1. The summed E-state index contributed by atoms with van der Waals surface area (Å²) in [5, 5.41) is 3.56. The van der Waals surface area contributed by atoms with E-state index in [9.17, 15) is 0 Å². The first kappa shape index (κ1) is 23.1. The van der Waals surface area contributed by atoms with Gasteiger partial charge in [0.25, 0.3) is 0 Å². The number of hydrogen-bond acceptors (Lipinski definition) is 1. The van der Waals surface area contributed by atoms with Crippen molar-refractivity contribution in [1.29, 1.82) is 0 Å². The highest BCUT2D eigenvalue weighted by molar-refractivity contribution is 5.49. The number of anilines is 1. The Balaban J connectivity index is 1.74. The molecule has 0 radical (unpaired) electrons. The van der Waals surface area contributed by atoms with Gasteiger partial charge in [-0.3, -0.25) is 0 Å². The topological polar surface area (TPSA) is 12.0 Å². The summed E-state index contributed by atoms with van der Waals surface area (Å²) >= 11 is 0. The highest BCUT2D eigenvalue weighted by Gasteiger charge is 1.96. The average molecular weight is 360 g/mol. The molecule has 0 spiro atoms. The number of aryl methyl sites for hydroxylation is 1. The SMILES string of the molecule is CCCCCCCCCCCCCCCCCCNc1ccccc1C. The van der Waals surface area contributed by atoms with Crippen molar-refractivity contribution in [3.63, 3.8) is 0 Å². The number of benzene rings is 1. The molecule has 0 aliphatic carbocycles. The quantitative estimate of drug-likeness (QED) is 0.258. The van der Waals surface area contributed by atoms with E-state index < -0.39 is 0 Å². The Morgan fingerprint density at radius 1 is 0.577 bits per heavy atom. The molecule has 0 aromatic heterocycles. The number of unbranched alkanes of at least 4 members (excludes halogenated alkanes) is 15. The third kappa shape index (κ3) is 13.3. The molecule has 1 heteroatoms. The monoisotopic (exact) mass is 359 g/mol. The Morgan fingerprint density at radius 3 is 1.46 bits per heavy atom. The van der Waals surface area contributed by atoms with Gasteiger partial charge < -0.3 is 5.32 Å². The minimum atomic E-state index is 1.11. The molecule has 26 heavy (non-hydrogen) atoms. The van der Waals surface area contributed by atoms with Gasteiger partial charge in [0.05, 0.1) is 0 Å². The molecule has 1 N–H and O–H groups in total. The predicted octanol–water partition coefficient (Wildman–Crippen LogP) is 8.67. The van der Waals surface area contributed by atoms with E-state index in [1.54, 1.807) is 0 Å². The van der Waals surface area contributed by atoms with Gasteiger partial charge >= 0.3 is 0 Å². The molecule has 0 amide bonds. The van der Waals surface area contributed by atoms with Crippen molar-refractivity contribution in [2.24, 2.45) is 0 Å². The molecular weight excluding hydrogens is 314 g/mol. The Bertz CT molecular complexity index is 412. The molecule has 0 atom stereocenters. The van der Waals surface area contributed by atoms with E-state index >= 15 is 0 Å². The third-order valence-electron chi connectivity index (χ3n) is 5.49. The Labute approximate surface area is 164 Å². The lowest BCUT2D eigenvalue weighted by Gasteiger charge is -2.09. The highest BCUT2D eigenvalue weighted by Crippen LogP contribution is 2.15. The first-order valence-corrected chi connectivity index (χ1v) is 11.6. The van der Waals surface area contributed by atoms with Crippen LogP contribution < -0.4 is 5.32 Å².